The molecule has 3 aromatic rings. The average Bonchev–Trinajstić information content (AvgIpc) is 3.37. The maximum atomic E-state index is 13.6. The average molecular weight is 472 g/mol. The zero-order valence-corrected chi connectivity index (χ0v) is 20.2. The molecule has 0 saturated heterocycles. The summed E-state index contributed by atoms with van der Waals surface area (Å²) in [5, 5.41) is 9.41. The number of aryl methyl sites for hydroxylation is 2. The summed E-state index contributed by atoms with van der Waals surface area (Å²) in [5.41, 5.74) is 5.39. The van der Waals surface area contributed by atoms with Crippen molar-refractivity contribution in [2.45, 2.75) is 45.1 Å². The first-order valence-electron chi connectivity index (χ1n) is 11.9. The predicted octanol–water partition coefficient (Wildman–Crippen LogP) is 5.47. The number of ether oxygens (including phenoxy) is 2. The van der Waals surface area contributed by atoms with Gasteiger partial charge < -0.3 is 19.5 Å². The molecule has 2 aliphatic heterocycles. The Morgan fingerprint density at radius 3 is 2.57 bits per heavy atom. The molecule has 3 aromatic carbocycles. The third kappa shape index (κ3) is 4.14. The zero-order valence-electron chi connectivity index (χ0n) is 20.2. The molecule has 2 unspecified atom stereocenters. The van der Waals surface area contributed by atoms with Gasteiger partial charge in [-0.25, -0.2) is 0 Å². The van der Waals surface area contributed by atoms with Gasteiger partial charge in [-0.05, 0) is 61.7 Å². The predicted molar refractivity (Wildman–Crippen MR) is 134 cm³/mol. The standard InChI is InChI=1S/C29H29NO5/c1-17-7-6-9-23-20(16-35-28(17)23)15-34-21-11-12-22(18(2)13-21)29(33)30-19(3)25(14-27(31)32)24-8-4-5-10-26(24)30/h4-13,19-20,25H,14-16H2,1-3H3,(H,31,32)/t19?,20-,25?/m1/s1. The van der Waals surface area contributed by atoms with Crippen molar-refractivity contribution in [1.29, 1.82) is 0 Å². The number of rotatable bonds is 6. The molecular weight excluding hydrogens is 442 g/mol. The summed E-state index contributed by atoms with van der Waals surface area (Å²) in [6.07, 6.45) is -0.0126. The Morgan fingerprint density at radius 2 is 1.80 bits per heavy atom. The van der Waals surface area contributed by atoms with Crippen LogP contribution >= 0.6 is 0 Å². The minimum Gasteiger partial charge on any atom is -0.493 e. The van der Waals surface area contributed by atoms with Crippen molar-refractivity contribution in [3.8, 4) is 11.5 Å². The van der Waals surface area contributed by atoms with E-state index < -0.39 is 5.97 Å². The number of benzene rings is 3. The quantitative estimate of drug-likeness (QED) is 0.516. The van der Waals surface area contributed by atoms with Gasteiger partial charge in [-0.15, -0.1) is 0 Å². The highest BCUT2D eigenvalue weighted by Gasteiger charge is 2.40. The number of hydrogen-bond acceptors (Lipinski definition) is 4. The molecule has 2 aliphatic rings. The number of carbonyl (C=O) groups excluding carboxylic acids is 1. The molecule has 0 radical (unpaired) electrons. The molecule has 0 fully saturated rings. The maximum absolute atomic E-state index is 13.6. The molecule has 2 heterocycles. The van der Waals surface area contributed by atoms with Crippen molar-refractivity contribution in [3.05, 3.63) is 88.5 Å². The van der Waals surface area contributed by atoms with E-state index in [9.17, 15) is 14.7 Å². The second kappa shape index (κ2) is 9.10. The first-order valence-corrected chi connectivity index (χ1v) is 11.9. The number of carboxylic acids is 1. The molecule has 180 valence electrons. The van der Waals surface area contributed by atoms with Gasteiger partial charge in [-0.1, -0.05) is 36.4 Å². The molecule has 5 rings (SSSR count). The van der Waals surface area contributed by atoms with E-state index >= 15 is 0 Å². The van der Waals surface area contributed by atoms with Crippen LogP contribution in [0.25, 0.3) is 0 Å². The Bertz CT molecular complexity index is 1300. The summed E-state index contributed by atoms with van der Waals surface area (Å²) < 4.78 is 12.0. The Hall–Kier alpha value is -3.80. The lowest BCUT2D eigenvalue weighted by atomic mass is 9.92. The fourth-order valence-corrected chi connectivity index (χ4v) is 5.34. The number of hydrogen-bond donors (Lipinski definition) is 1. The van der Waals surface area contributed by atoms with Crippen molar-refractivity contribution in [3.63, 3.8) is 0 Å². The SMILES string of the molecule is Cc1cc(OC[C@@H]2COc3c(C)cccc32)ccc1C(=O)N1c2ccccc2C(CC(=O)O)C1C. The van der Waals surface area contributed by atoms with Crippen molar-refractivity contribution >= 4 is 17.6 Å². The van der Waals surface area contributed by atoms with Gasteiger partial charge in [-0.2, -0.15) is 0 Å². The number of aliphatic carboxylic acids is 1. The first-order chi connectivity index (χ1) is 16.8. The Balaban J connectivity index is 1.33. The molecule has 1 N–H and O–H groups in total. The molecule has 0 bridgehead atoms. The van der Waals surface area contributed by atoms with Gasteiger partial charge in [0.2, 0.25) is 0 Å². The number of nitrogens with zero attached hydrogens (tertiary/aromatic N) is 1. The largest absolute Gasteiger partial charge is 0.493 e. The van der Waals surface area contributed by atoms with E-state index in [0.29, 0.717) is 24.5 Å². The molecule has 3 atom stereocenters. The van der Waals surface area contributed by atoms with Gasteiger partial charge in [-0.3, -0.25) is 9.59 Å². The van der Waals surface area contributed by atoms with E-state index in [-0.39, 0.29) is 30.2 Å². The third-order valence-electron chi connectivity index (χ3n) is 7.19. The number of amides is 1. The molecule has 0 spiro atoms. The van der Waals surface area contributed by atoms with Crippen LogP contribution in [-0.2, 0) is 4.79 Å². The number of anilines is 1. The van der Waals surface area contributed by atoms with Crippen LogP contribution in [0.2, 0.25) is 0 Å². The highest BCUT2D eigenvalue weighted by Crippen LogP contribution is 2.43. The van der Waals surface area contributed by atoms with E-state index in [1.165, 1.54) is 5.56 Å². The summed E-state index contributed by atoms with van der Waals surface area (Å²) in [5.74, 6) is 0.595. The van der Waals surface area contributed by atoms with E-state index in [1.54, 1.807) is 11.0 Å². The number of para-hydroxylation sites is 2. The minimum atomic E-state index is -0.867. The maximum Gasteiger partial charge on any atom is 0.304 e. The Morgan fingerprint density at radius 1 is 1.03 bits per heavy atom. The molecular formula is C29H29NO5. The highest BCUT2D eigenvalue weighted by molar-refractivity contribution is 6.09. The van der Waals surface area contributed by atoms with Gasteiger partial charge in [0.15, 0.2) is 0 Å². The minimum absolute atomic E-state index is 0.0126. The summed E-state index contributed by atoms with van der Waals surface area (Å²) in [7, 11) is 0. The Kier molecular flexibility index (Phi) is 5.97. The fourth-order valence-electron chi connectivity index (χ4n) is 5.34. The number of fused-ring (bicyclic) bond motifs is 2. The van der Waals surface area contributed by atoms with E-state index in [0.717, 1.165) is 28.1 Å². The van der Waals surface area contributed by atoms with Crippen molar-refractivity contribution in [1.82, 2.24) is 0 Å². The van der Waals surface area contributed by atoms with Crippen LogP contribution in [0.15, 0.2) is 60.7 Å². The Labute approximate surface area is 205 Å². The van der Waals surface area contributed by atoms with Crippen LogP contribution in [0.4, 0.5) is 5.69 Å². The van der Waals surface area contributed by atoms with Crippen molar-refractivity contribution < 1.29 is 24.2 Å². The molecule has 35 heavy (non-hydrogen) atoms. The molecule has 1 amide bonds. The first kappa shape index (κ1) is 23.0. The number of carbonyl (C=O) groups is 2. The van der Waals surface area contributed by atoms with Crippen molar-refractivity contribution in [2.24, 2.45) is 0 Å². The fraction of sp³-hybridized carbons (Fsp3) is 0.310. The van der Waals surface area contributed by atoms with Gasteiger partial charge in [0.1, 0.15) is 11.5 Å². The van der Waals surface area contributed by atoms with Crippen molar-refractivity contribution in [2.75, 3.05) is 18.1 Å². The van der Waals surface area contributed by atoms with Crippen LogP contribution < -0.4 is 14.4 Å². The smallest absolute Gasteiger partial charge is 0.304 e. The molecule has 0 aromatic heterocycles. The van der Waals surface area contributed by atoms with Crippen LogP contribution in [0.5, 0.6) is 11.5 Å². The summed E-state index contributed by atoms with van der Waals surface area (Å²) in [6.45, 7) is 6.96. The second-order valence-electron chi connectivity index (χ2n) is 9.47. The monoisotopic (exact) mass is 471 g/mol. The van der Waals surface area contributed by atoms with E-state index in [1.807, 2.05) is 69.3 Å². The lowest BCUT2D eigenvalue weighted by Gasteiger charge is -2.26. The highest BCUT2D eigenvalue weighted by atomic mass is 16.5. The molecule has 6 heteroatoms. The lowest BCUT2D eigenvalue weighted by molar-refractivity contribution is -0.137. The van der Waals surface area contributed by atoms with Gasteiger partial charge >= 0.3 is 5.97 Å². The number of carboxylic acid groups (broad SMARTS) is 1. The lowest BCUT2D eigenvalue weighted by Crippen LogP contribution is -2.38. The summed E-state index contributed by atoms with van der Waals surface area (Å²) in [4.78, 5) is 26.8. The van der Waals surface area contributed by atoms with Gasteiger partial charge in [0, 0.05) is 28.8 Å². The third-order valence-corrected chi connectivity index (χ3v) is 7.19. The molecule has 0 aliphatic carbocycles. The normalized spacial score (nSPS) is 20.2. The van der Waals surface area contributed by atoms with Crippen LogP contribution in [0, 0.1) is 13.8 Å². The second-order valence-corrected chi connectivity index (χ2v) is 9.47. The molecule has 6 nitrogen and oxygen atoms in total. The van der Waals surface area contributed by atoms with Gasteiger partial charge in [0.05, 0.1) is 25.6 Å². The molecule has 0 saturated carbocycles. The van der Waals surface area contributed by atoms with Crippen LogP contribution in [0.1, 0.15) is 57.8 Å². The summed E-state index contributed by atoms with van der Waals surface area (Å²) in [6, 6.07) is 19.0. The van der Waals surface area contributed by atoms with E-state index in [4.69, 9.17) is 9.47 Å². The van der Waals surface area contributed by atoms with E-state index in [2.05, 4.69) is 6.07 Å². The van der Waals surface area contributed by atoms with Gasteiger partial charge in [0.25, 0.3) is 5.91 Å². The summed E-state index contributed by atoms with van der Waals surface area (Å²) >= 11 is 0. The zero-order chi connectivity index (χ0) is 24.7. The van der Waals surface area contributed by atoms with Crippen LogP contribution in [0.3, 0.4) is 0 Å². The topological polar surface area (TPSA) is 76.1 Å². The van der Waals surface area contributed by atoms with Crippen LogP contribution in [-0.4, -0.2) is 36.2 Å².